The van der Waals surface area contributed by atoms with Gasteiger partial charge in [-0.2, -0.15) is 0 Å². The van der Waals surface area contributed by atoms with Crippen molar-refractivity contribution in [2.75, 3.05) is 18.8 Å². The summed E-state index contributed by atoms with van der Waals surface area (Å²) in [4.78, 5) is 24.2. The van der Waals surface area contributed by atoms with E-state index in [-0.39, 0.29) is 18.1 Å². The zero-order valence-electron chi connectivity index (χ0n) is 9.00. The lowest BCUT2D eigenvalue weighted by Crippen LogP contribution is -2.42. The molecule has 0 radical (unpaired) electrons. The first kappa shape index (κ1) is 11.4. The number of likely N-dealkylation sites (tertiary alicyclic amines) is 1. The van der Waals surface area contributed by atoms with E-state index >= 15 is 0 Å². The highest BCUT2D eigenvalue weighted by molar-refractivity contribution is 5.96. The Balaban J connectivity index is 2.10. The van der Waals surface area contributed by atoms with Crippen LogP contribution in [0.1, 0.15) is 23.3 Å². The monoisotopic (exact) mass is 240 g/mol. The first-order valence-corrected chi connectivity index (χ1v) is 5.19. The van der Waals surface area contributed by atoms with Crippen molar-refractivity contribution in [2.24, 2.45) is 5.92 Å². The molecule has 2 heterocycles. The average Bonchev–Trinajstić information content (AvgIpc) is 2.74. The summed E-state index contributed by atoms with van der Waals surface area (Å²) in [6.07, 6.45) is 1.22. The van der Waals surface area contributed by atoms with E-state index in [0.717, 1.165) is 0 Å². The van der Waals surface area contributed by atoms with Gasteiger partial charge in [0.25, 0.3) is 5.91 Å². The summed E-state index contributed by atoms with van der Waals surface area (Å²) in [5.41, 5.74) is 5.35. The fourth-order valence-electron chi connectivity index (χ4n) is 1.86. The number of carbonyl (C=O) groups is 2. The van der Waals surface area contributed by atoms with Gasteiger partial charge in [-0.3, -0.25) is 9.59 Å². The molecule has 1 atom stereocenters. The minimum Gasteiger partial charge on any atom is -0.481 e. The second-order valence-corrected chi connectivity index (χ2v) is 3.93. The molecule has 8 nitrogen and oxygen atoms in total. The third-order valence-electron chi connectivity index (χ3n) is 2.77. The Morgan fingerprint density at radius 3 is 2.82 bits per heavy atom. The van der Waals surface area contributed by atoms with Crippen LogP contribution in [-0.4, -0.2) is 45.3 Å². The lowest BCUT2D eigenvalue weighted by atomic mass is 9.98. The van der Waals surface area contributed by atoms with Crippen molar-refractivity contribution < 1.29 is 19.3 Å². The van der Waals surface area contributed by atoms with Gasteiger partial charge >= 0.3 is 5.97 Å². The summed E-state index contributed by atoms with van der Waals surface area (Å²) >= 11 is 0. The summed E-state index contributed by atoms with van der Waals surface area (Å²) in [5.74, 6) is -1.94. The van der Waals surface area contributed by atoms with Crippen LogP contribution in [0.5, 0.6) is 0 Å². The van der Waals surface area contributed by atoms with E-state index in [2.05, 4.69) is 14.9 Å². The number of aliphatic carboxylic acids is 1. The van der Waals surface area contributed by atoms with Crippen LogP contribution >= 0.6 is 0 Å². The molecular weight excluding hydrogens is 228 g/mol. The van der Waals surface area contributed by atoms with Gasteiger partial charge in [0.15, 0.2) is 0 Å². The molecule has 1 aliphatic rings. The van der Waals surface area contributed by atoms with Crippen molar-refractivity contribution in [2.45, 2.75) is 12.8 Å². The zero-order valence-corrected chi connectivity index (χ0v) is 9.00. The third-order valence-corrected chi connectivity index (χ3v) is 2.77. The number of nitrogens with zero attached hydrogens (tertiary/aromatic N) is 3. The van der Waals surface area contributed by atoms with Crippen LogP contribution < -0.4 is 5.73 Å². The van der Waals surface area contributed by atoms with Gasteiger partial charge in [-0.1, -0.05) is 0 Å². The van der Waals surface area contributed by atoms with Gasteiger partial charge < -0.3 is 15.7 Å². The van der Waals surface area contributed by atoms with Crippen LogP contribution in [0.25, 0.3) is 0 Å². The Hall–Kier alpha value is -2.12. The number of amides is 1. The molecule has 0 aromatic carbocycles. The zero-order chi connectivity index (χ0) is 12.4. The number of hydrogen-bond donors (Lipinski definition) is 2. The Kier molecular flexibility index (Phi) is 2.94. The number of carboxylic acid groups (broad SMARTS) is 1. The molecule has 0 aliphatic carbocycles. The van der Waals surface area contributed by atoms with E-state index < -0.39 is 17.8 Å². The maximum atomic E-state index is 11.9. The van der Waals surface area contributed by atoms with E-state index in [0.29, 0.717) is 19.4 Å². The highest BCUT2D eigenvalue weighted by atomic mass is 16.6. The van der Waals surface area contributed by atoms with Crippen LogP contribution in [-0.2, 0) is 4.79 Å². The highest BCUT2D eigenvalue weighted by Crippen LogP contribution is 2.19. The number of rotatable bonds is 2. The number of carboxylic acids is 1. The third kappa shape index (κ3) is 2.19. The topological polar surface area (TPSA) is 123 Å². The molecule has 0 saturated carbocycles. The molecule has 17 heavy (non-hydrogen) atoms. The second kappa shape index (κ2) is 4.40. The van der Waals surface area contributed by atoms with Crippen molar-refractivity contribution in [3.8, 4) is 0 Å². The smallest absolute Gasteiger partial charge is 0.308 e. The first-order chi connectivity index (χ1) is 8.09. The summed E-state index contributed by atoms with van der Waals surface area (Å²) in [5, 5.41) is 15.6. The van der Waals surface area contributed by atoms with Crippen molar-refractivity contribution in [3.63, 3.8) is 0 Å². The van der Waals surface area contributed by atoms with Gasteiger partial charge in [-0.25, -0.2) is 4.63 Å². The minimum absolute atomic E-state index is 0.0592. The average molecular weight is 240 g/mol. The molecule has 0 bridgehead atoms. The Labute approximate surface area is 96.3 Å². The molecule has 92 valence electrons. The van der Waals surface area contributed by atoms with Gasteiger partial charge in [0.2, 0.25) is 11.5 Å². The Morgan fingerprint density at radius 1 is 1.47 bits per heavy atom. The van der Waals surface area contributed by atoms with Gasteiger partial charge in [0.1, 0.15) is 0 Å². The van der Waals surface area contributed by atoms with Gasteiger partial charge in [0.05, 0.1) is 5.92 Å². The number of carbonyl (C=O) groups excluding carboxylic acids is 1. The largest absolute Gasteiger partial charge is 0.481 e. The van der Waals surface area contributed by atoms with Crippen LogP contribution in [0.4, 0.5) is 5.82 Å². The van der Waals surface area contributed by atoms with Crippen molar-refractivity contribution in [3.05, 3.63) is 5.69 Å². The molecule has 1 fully saturated rings. The molecule has 0 spiro atoms. The normalized spacial score (nSPS) is 20.2. The molecule has 1 saturated heterocycles. The maximum Gasteiger partial charge on any atom is 0.308 e. The number of nitrogen functional groups attached to an aromatic ring is 1. The second-order valence-electron chi connectivity index (χ2n) is 3.93. The number of anilines is 1. The number of aromatic nitrogens is 2. The quantitative estimate of drug-likeness (QED) is 0.720. The summed E-state index contributed by atoms with van der Waals surface area (Å²) in [6, 6.07) is 0. The molecule has 1 aliphatic heterocycles. The van der Waals surface area contributed by atoms with E-state index in [4.69, 9.17) is 10.8 Å². The fraction of sp³-hybridized carbons (Fsp3) is 0.556. The predicted molar refractivity (Wildman–Crippen MR) is 55.0 cm³/mol. The van der Waals surface area contributed by atoms with Crippen molar-refractivity contribution in [1.82, 2.24) is 15.2 Å². The highest BCUT2D eigenvalue weighted by Gasteiger charge is 2.31. The summed E-state index contributed by atoms with van der Waals surface area (Å²) < 4.78 is 4.34. The fourth-order valence-corrected chi connectivity index (χ4v) is 1.86. The van der Waals surface area contributed by atoms with E-state index in [9.17, 15) is 9.59 Å². The molecule has 8 heteroatoms. The SMILES string of the molecule is Nc1nonc1C(=O)N1CCCC(C(=O)O)C1. The van der Waals surface area contributed by atoms with Crippen LogP contribution in [0.3, 0.4) is 0 Å². The first-order valence-electron chi connectivity index (χ1n) is 5.19. The van der Waals surface area contributed by atoms with Crippen molar-refractivity contribution >= 4 is 17.7 Å². The Bertz CT molecular complexity index is 444. The van der Waals surface area contributed by atoms with Crippen LogP contribution in [0.15, 0.2) is 4.63 Å². The summed E-state index contributed by atoms with van der Waals surface area (Å²) in [7, 11) is 0. The van der Waals surface area contributed by atoms with E-state index in [1.807, 2.05) is 0 Å². The lowest BCUT2D eigenvalue weighted by molar-refractivity contribution is -0.143. The number of piperidine rings is 1. The lowest BCUT2D eigenvalue weighted by Gasteiger charge is -2.29. The minimum atomic E-state index is -0.895. The van der Waals surface area contributed by atoms with Crippen LogP contribution in [0.2, 0.25) is 0 Å². The van der Waals surface area contributed by atoms with Gasteiger partial charge in [-0.15, -0.1) is 0 Å². The standard InChI is InChI=1S/C9H12N4O4/c10-7-6(11-17-12-7)8(14)13-3-1-2-5(4-13)9(15)16/h5H,1-4H2,(H2,10,12)(H,15,16). The molecule has 2 rings (SSSR count). The maximum absolute atomic E-state index is 11.9. The van der Waals surface area contributed by atoms with Gasteiger partial charge in [0, 0.05) is 13.1 Å². The predicted octanol–water partition coefficient (Wildman–Crippen LogP) is -0.411. The summed E-state index contributed by atoms with van der Waals surface area (Å²) in [6.45, 7) is 0.662. The molecular formula is C9H12N4O4. The number of nitrogens with two attached hydrogens (primary N) is 1. The Morgan fingerprint density at radius 2 is 2.24 bits per heavy atom. The van der Waals surface area contributed by atoms with Crippen LogP contribution in [0, 0.1) is 5.92 Å². The van der Waals surface area contributed by atoms with E-state index in [1.54, 1.807) is 0 Å². The molecule has 1 amide bonds. The molecule has 3 N–H and O–H groups in total. The molecule has 1 aromatic rings. The molecule has 1 aromatic heterocycles. The van der Waals surface area contributed by atoms with Crippen molar-refractivity contribution in [1.29, 1.82) is 0 Å². The van der Waals surface area contributed by atoms with E-state index in [1.165, 1.54) is 4.90 Å². The van der Waals surface area contributed by atoms with Gasteiger partial charge in [-0.05, 0) is 23.2 Å². The molecule has 1 unspecified atom stereocenters. The number of hydrogen-bond acceptors (Lipinski definition) is 6.